The van der Waals surface area contributed by atoms with Crippen molar-refractivity contribution in [3.63, 3.8) is 0 Å². The van der Waals surface area contributed by atoms with Crippen molar-refractivity contribution in [2.75, 3.05) is 13.2 Å². The van der Waals surface area contributed by atoms with Gasteiger partial charge in [0.25, 0.3) is 5.91 Å². The van der Waals surface area contributed by atoms with E-state index in [2.05, 4.69) is 5.32 Å². The van der Waals surface area contributed by atoms with Crippen LogP contribution in [0.15, 0.2) is 24.3 Å². The third-order valence-electron chi connectivity index (χ3n) is 1.94. The maximum atomic E-state index is 11.2. The van der Waals surface area contributed by atoms with Crippen molar-refractivity contribution in [1.82, 2.24) is 5.32 Å². The number of amides is 1. The molecular formula is C12H15NO3. The third-order valence-corrected chi connectivity index (χ3v) is 1.94. The summed E-state index contributed by atoms with van der Waals surface area (Å²) in [6.07, 6.45) is 1.64. The lowest BCUT2D eigenvalue weighted by Gasteiger charge is -2.06. The van der Waals surface area contributed by atoms with Gasteiger partial charge in [0.05, 0.1) is 0 Å². The van der Waals surface area contributed by atoms with E-state index in [9.17, 15) is 9.59 Å². The van der Waals surface area contributed by atoms with Crippen molar-refractivity contribution in [2.24, 2.45) is 0 Å². The molecule has 0 aromatic heterocycles. The van der Waals surface area contributed by atoms with E-state index in [0.29, 0.717) is 17.9 Å². The molecule has 1 aromatic carbocycles. The zero-order valence-electron chi connectivity index (χ0n) is 9.23. The molecule has 0 aliphatic heterocycles. The summed E-state index contributed by atoms with van der Waals surface area (Å²) in [5.74, 6) is 0.370. The number of carbonyl (C=O) groups is 2. The molecule has 1 aromatic rings. The third kappa shape index (κ3) is 4.13. The van der Waals surface area contributed by atoms with E-state index in [0.717, 1.165) is 12.7 Å². The van der Waals surface area contributed by atoms with Crippen LogP contribution in [0.1, 0.15) is 23.7 Å². The fraction of sp³-hybridized carbons (Fsp3) is 0.333. The van der Waals surface area contributed by atoms with Crippen molar-refractivity contribution < 1.29 is 14.3 Å². The van der Waals surface area contributed by atoms with Crippen LogP contribution in [-0.4, -0.2) is 25.3 Å². The molecule has 0 aliphatic carbocycles. The number of benzene rings is 1. The highest BCUT2D eigenvalue weighted by Gasteiger charge is 2.01. The molecular weight excluding hydrogens is 206 g/mol. The minimum absolute atomic E-state index is 0.0255. The molecule has 0 fully saturated rings. The van der Waals surface area contributed by atoms with E-state index in [1.165, 1.54) is 0 Å². The highest BCUT2D eigenvalue weighted by Crippen LogP contribution is 2.11. The van der Waals surface area contributed by atoms with E-state index in [1.54, 1.807) is 24.3 Å². The standard InChI is InChI=1S/C12H15NO3/c1-2-6-13-12(15)9-16-11-5-3-4-10(7-11)8-14/h3-5,7-8H,2,6,9H2,1H3,(H,13,15). The van der Waals surface area contributed by atoms with E-state index < -0.39 is 0 Å². The normalized spacial score (nSPS) is 9.56. The number of nitrogens with one attached hydrogen (secondary N) is 1. The van der Waals surface area contributed by atoms with Gasteiger partial charge in [-0.3, -0.25) is 9.59 Å². The molecule has 0 aliphatic rings. The van der Waals surface area contributed by atoms with Gasteiger partial charge in [0.15, 0.2) is 6.61 Å². The summed E-state index contributed by atoms with van der Waals surface area (Å²) in [7, 11) is 0. The Hall–Kier alpha value is -1.84. The van der Waals surface area contributed by atoms with Crippen LogP contribution < -0.4 is 10.1 Å². The topological polar surface area (TPSA) is 55.4 Å². The SMILES string of the molecule is CCCNC(=O)COc1cccc(C=O)c1. The van der Waals surface area contributed by atoms with Gasteiger partial charge < -0.3 is 10.1 Å². The van der Waals surface area contributed by atoms with Crippen molar-refractivity contribution in [3.8, 4) is 5.75 Å². The highest BCUT2D eigenvalue weighted by atomic mass is 16.5. The van der Waals surface area contributed by atoms with Crippen LogP contribution in [0.3, 0.4) is 0 Å². The van der Waals surface area contributed by atoms with Gasteiger partial charge in [-0.25, -0.2) is 0 Å². The molecule has 0 saturated carbocycles. The Balaban J connectivity index is 2.41. The number of hydrogen-bond acceptors (Lipinski definition) is 3. The summed E-state index contributed by atoms with van der Waals surface area (Å²) in [5.41, 5.74) is 0.534. The van der Waals surface area contributed by atoms with Crippen LogP contribution >= 0.6 is 0 Å². The molecule has 0 atom stereocenters. The Morgan fingerprint density at radius 2 is 2.31 bits per heavy atom. The van der Waals surface area contributed by atoms with Gasteiger partial charge >= 0.3 is 0 Å². The molecule has 0 unspecified atom stereocenters. The van der Waals surface area contributed by atoms with Crippen molar-refractivity contribution in [1.29, 1.82) is 0 Å². The van der Waals surface area contributed by atoms with Crippen LogP contribution in [0.4, 0.5) is 0 Å². The van der Waals surface area contributed by atoms with Gasteiger partial charge in [-0.1, -0.05) is 19.1 Å². The van der Waals surface area contributed by atoms with Crippen molar-refractivity contribution in [2.45, 2.75) is 13.3 Å². The van der Waals surface area contributed by atoms with Crippen LogP contribution in [0.5, 0.6) is 5.75 Å². The molecule has 1 amide bonds. The first-order valence-electron chi connectivity index (χ1n) is 5.21. The maximum absolute atomic E-state index is 11.2. The zero-order valence-corrected chi connectivity index (χ0v) is 9.23. The molecule has 0 heterocycles. The molecule has 0 bridgehead atoms. The maximum Gasteiger partial charge on any atom is 0.257 e. The van der Waals surface area contributed by atoms with E-state index >= 15 is 0 Å². The Kier molecular flexibility index (Phi) is 5.05. The quantitative estimate of drug-likeness (QED) is 0.739. The molecule has 0 radical (unpaired) electrons. The van der Waals surface area contributed by atoms with Gasteiger partial charge in [0.1, 0.15) is 12.0 Å². The minimum Gasteiger partial charge on any atom is -0.484 e. The molecule has 0 spiro atoms. The van der Waals surface area contributed by atoms with Crippen molar-refractivity contribution in [3.05, 3.63) is 29.8 Å². The van der Waals surface area contributed by atoms with E-state index in [-0.39, 0.29) is 12.5 Å². The number of carbonyl (C=O) groups excluding carboxylic acids is 2. The smallest absolute Gasteiger partial charge is 0.257 e. The molecule has 4 heteroatoms. The Bertz CT molecular complexity index is 363. The second-order valence-electron chi connectivity index (χ2n) is 3.33. The summed E-state index contributed by atoms with van der Waals surface area (Å²) < 4.78 is 5.24. The highest BCUT2D eigenvalue weighted by molar-refractivity contribution is 5.78. The van der Waals surface area contributed by atoms with Gasteiger partial charge in [-0.15, -0.1) is 0 Å². The number of hydrogen-bond donors (Lipinski definition) is 1. The van der Waals surface area contributed by atoms with Gasteiger partial charge in [0.2, 0.25) is 0 Å². The van der Waals surface area contributed by atoms with Crippen molar-refractivity contribution >= 4 is 12.2 Å². The summed E-state index contributed by atoms with van der Waals surface area (Å²) in [6.45, 7) is 2.60. The van der Waals surface area contributed by atoms with E-state index in [1.807, 2.05) is 6.92 Å². The molecule has 86 valence electrons. The Labute approximate surface area is 94.6 Å². The molecule has 16 heavy (non-hydrogen) atoms. The predicted molar refractivity (Wildman–Crippen MR) is 60.6 cm³/mol. The first kappa shape index (κ1) is 12.2. The largest absolute Gasteiger partial charge is 0.484 e. The summed E-state index contributed by atoms with van der Waals surface area (Å²) in [5, 5.41) is 2.70. The molecule has 4 nitrogen and oxygen atoms in total. The van der Waals surface area contributed by atoms with Crippen LogP contribution in [0.25, 0.3) is 0 Å². The molecule has 0 saturated heterocycles. The second-order valence-corrected chi connectivity index (χ2v) is 3.33. The average Bonchev–Trinajstić information content (AvgIpc) is 2.34. The number of ether oxygens (including phenoxy) is 1. The number of rotatable bonds is 6. The lowest BCUT2D eigenvalue weighted by Crippen LogP contribution is -2.29. The van der Waals surface area contributed by atoms with Gasteiger partial charge in [-0.05, 0) is 18.6 Å². The summed E-state index contributed by atoms with van der Waals surface area (Å²) in [6, 6.07) is 6.69. The fourth-order valence-electron chi connectivity index (χ4n) is 1.14. The fourth-order valence-corrected chi connectivity index (χ4v) is 1.14. The van der Waals surface area contributed by atoms with Crippen LogP contribution in [-0.2, 0) is 4.79 Å². The van der Waals surface area contributed by atoms with E-state index in [4.69, 9.17) is 4.74 Å². The van der Waals surface area contributed by atoms with Gasteiger partial charge in [0, 0.05) is 12.1 Å². The zero-order chi connectivity index (χ0) is 11.8. The predicted octanol–water partition coefficient (Wildman–Crippen LogP) is 1.40. The van der Waals surface area contributed by atoms with Crippen LogP contribution in [0.2, 0.25) is 0 Å². The monoisotopic (exact) mass is 221 g/mol. The Morgan fingerprint density at radius 1 is 1.50 bits per heavy atom. The summed E-state index contributed by atoms with van der Waals surface area (Å²) >= 11 is 0. The van der Waals surface area contributed by atoms with Crippen LogP contribution in [0, 0.1) is 0 Å². The lowest BCUT2D eigenvalue weighted by atomic mass is 10.2. The molecule has 1 rings (SSSR count). The first-order chi connectivity index (χ1) is 7.76. The number of aldehydes is 1. The Morgan fingerprint density at radius 3 is 3.00 bits per heavy atom. The molecule has 1 N–H and O–H groups in total. The van der Waals surface area contributed by atoms with Gasteiger partial charge in [-0.2, -0.15) is 0 Å². The lowest BCUT2D eigenvalue weighted by molar-refractivity contribution is -0.123. The summed E-state index contributed by atoms with van der Waals surface area (Å²) in [4.78, 5) is 21.7. The average molecular weight is 221 g/mol. The second kappa shape index (κ2) is 6.61. The minimum atomic E-state index is -0.154. The first-order valence-corrected chi connectivity index (χ1v) is 5.21.